The van der Waals surface area contributed by atoms with Gasteiger partial charge in [0, 0.05) is 24.0 Å². The van der Waals surface area contributed by atoms with E-state index >= 15 is 0 Å². The number of aromatic nitrogens is 4. The van der Waals surface area contributed by atoms with E-state index in [4.69, 9.17) is 9.26 Å². The number of pyridine rings is 2. The van der Waals surface area contributed by atoms with E-state index in [-0.39, 0.29) is 18.0 Å². The van der Waals surface area contributed by atoms with Crippen molar-refractivity contribution < 1.29 is 14.1 Å². The second-order valence-electron chi connectivity index (χ2n) is 4.93. The summed E-state index contributed by atoms with van der Waals surface area (Å²) in [6.45, 7) is 2.41. The summed E-state index contributed by atoms with van der Waals surface area (Å²) in [6.07, 6.45) is 3.02. The van der Waals surface area contributed by atoms with Crippen molar-refractivity contribution in [2.75, 3.05) is 6.61 Å². The molecule has 0 aliphatic rings. The predicted octanol–water partition coefficient (Wildman–Crippen LogP) is 1.15. The molecule has 2 N–H and O–H groups in total. The molecule has 0 unspecified atom stereocenters. The summed E-state index contributed by atoms with van der Waals surface area (Å²) in [7, 11) is 0. The first-order chi connectivity index (χ1) is 12.2. The molecule has 0 atom stereocenters. The minimum absolute atomic E-state index is 0.00459. The quantitative estimate of drug-likeness (QED) is 0.689. The first-order valence-electron chi connectivity index (χ1n) is 7.55. The molecule has 0 spiro atoms. The van der Waals surface area contributed by atoms with Gasteiger partial charge in [0.1, 0.15) is 5.56 Å². The maximum atomic E-state index is 12.0. The Kier molecular flexibility index (Phi) is 4.84. The zero-order valence-corrected chi connectivity index (χ0v) is 13.4. The molecule has 3 aromatic rings. The number of nitrogens with zero attached hydrogens (tertiary/aromatic N) is 3. The van der Waals surface area contributed by atoms with Crippen molar-refractivity contribution in [3.63, 3.8) is 0 Å². The van der Waals surface area contributed by atoms with Crippen molar-refractivity contribution in [1.29, 1.82) is 0 Å². The van der Waals surface area contributed by atoms with E-state index in [1.807, 2.05) is 6.92 Å². The van der Waals surface area contributed by atoms with Gasteiger partial charge in [0.2, 0.25) is 17.6 Å². The Hall–Kier alpha value is -3.49. The van der Waals surface area contributed by atoms with E-state index in [0.717, 1.165) is 0 Å². The SMILES string of the molecule is CCOc1ccc(-c2noc(CNC(=O)c3ccc[nH]c3=O)n2)cn1. The normalized spacial score (nSPS) is 10.4. The van der Waals surface area contributed by atoms with Crippen LogP contribution >= 0.6 is 0 Å². The van der Waals surface area contributed by atoms with Gasteiger partial charge in [-0.25, -0.2) is 4.98 Å². The Bertz CT molecular complexity index is 917. The van der Waals surface area contributed by atoms with E-state index in [9.17, 15) is 9.59 Å². The van der Waals surface area contributed by atoms with Crippen LogP contribution in [0.2, 0.25) is 0 Å². The summed E-state index contributed by atoms with van der Waals surface area (Å²) >= 11 is 0. The van der Waals surface area contributed by atoms with Gasteiger partial charge in [0.05, 0.1) is 13.2 Å². The summed E-state index contributed by atoms with van der Waals surface area (Å²) in [5.41, 5.74) is 0.203. The minimum atomic E-state index is -0.524. The van der Waals surface area contributed by atoms with Crippen molar-refractivity contribution in [3.05, 3.63) is 58.5 Å². The molecule has 0 saturated carbocycles. The number of aromatic amines is 1. The molecule has 0 aromatic carbocycles. The lowest BCUT2D eigenvalue weighted by molar-refractivity contribution is 0.0944. The third-order valence-corrected chi connectivity index (χ3v) is 3.22. The summed E-state index contributed by atoms with van der Waals surface area (Å²) in [5.74, 6) is 0.543. The second kappa shape index (κ2) is 7.39. The second-order valence-corrected chi connectivity index (χ2v) is 4.93. The van der Waals surface area contributed by atoms with Crippen molar-refractivity contribution in [1.82, 2.24) is 25.4 Å². The van der Waals surface area contributed by atoms with E-state index in [0.29, 0.717) is 23.9 Å². The van der Waals surface area contributed by atoms with E-state index in [1.165, 1.54) is 12.3 Å². The highest BCUT2D eigenvalue weighted by Gasteiger charge is 2.13. The molecule has 9 heteroatoms. The Balaban J connectivity index is 1.65. The number of carbonyl (C=O) groups excluding carboxylic acids is 1. The fourth-order valence-corrected chi connectivity index (χ4v) is 2.04. The van der Waals surface area contributed by atoms with E-state index in [1.54, 1.807) is 24.4 Å². The highest BCUT2D eigenvalue weighted by Crippen LogP contribution is 2.17. The fraction of sp³-hybridized carbons (Fsp3) is 0.188. The van der Waals surface area contributed by atoms with Crippen LogP contribution in [0.5, 0.6) is 5.88 Å². The highest BCUT2D eigenvalue weighted by molar-refractivity contribution is 5.93. The summed E-state index contributed by atoms with van der Waals surface area (Å²) in [4.78, 5) is 34.3. The predicted molar refractivity (Wildman–Crippen MR) is 86.9 cm³/mol. The Labute approximate surface area is 142 Å². The molecule has 0 bridgehead atoms. The van der Waals surface area contributed by atoms with Crippen LogP contribution in [0, 0.1) is 0 Å². The standard InChI is InChI=1S/C16H15N5O4/c1-2-24-12-6-5-10(8-18-12)14-20-13(25-21-14)9-19-16(23)11-4-3-7-17-15(11)22/h3-8H,2,9H2,1H3,(H,17,22)(H,19,23). The van der Waals surface area contributed by atoms with Crippen molar-refractivity contribution >= 4 is 5.91 Å². The smallest absolute Gasteiger partial charge is 0.260 e. The van der Waals surface area contributed by atoms with Crippen molar-refractivity contribution in [3.8, 4) is 17.3 Å². The summed E-state index contributed by atoms with van der Waals surface area (Å²) in [6, 6.07) is 6.46. The van der Waals surface area contributed by atoms with Gasteiger partial charge in [-0.15, -0.1) is 0 Å². The van der Waals surface area contributed by atoms with Crippen LogP contribution in [0.25, 0.3) is 11.4 Å². The molecular weight excluding hydrogens is 326 g/mol. The molecule has 9 nitrogen and oxygen atoms in total. The maximum Gasteiger partial charge on any atom is 0.260 e. The number of ether oxygens (including phenoxy) is 1. The zero-order valence-electron chi connectivity index (χ0n) is 13.4. The topological polar surface area (TPSA) is 123 Å². The van der Waals surface area contributed by atoms with Gasteiger partial charge in [-0.2, -0.15) is 4.98 Å². The Morgan fingerprint density at radius 3 is 2.96 bits per heavy atom. The summed E-state index contributed by atoms with van der Waals surface area (Å²) in [5, 5.41) is 6.40. The third-order valence-electron chi connectivity index (χ3n) is 3.22. The van der Waals surface area contributed by atoms with Crippen LogP contribution in [0.15, 0.2) is 46.0 Å². The van der Waals surface area contributed by atoms with Crippen LogP contribution in [0.3, 0.4) is 0 Å². The monoisotopic (exact) mass is 341 g/mol. The zero-order chi connectivity index (χ0) is 17.6. The van der Waals surface area contributed by atoms with Crippen LogP contribution in [0.4, 0.5) is 0 Å². The average Bonchev–Trinajstić information content (AvgIpc) is 3.10. The number of H-pyrrole nitrogens is 1. The van der Waals surface area contributed by atoms with Gasteiger partial charge in [0.25, 0.3) is 11.5 Å². The number of nitrogens with one attached hydrogen (secondary N) is 2. The number of rotatable bonds is 6. The first-order valence-corrected chi connectivity index (χ1v) is 7.55. The first kappa shape index (κ1) is 16.4. The number of carbonyl (C=O) groups is 1. The van der Waals surface area contributed by atoms with Crippen LogP contribution < -0.4 is 15.6 Å². The molecule has 3 rings (SSSR count). The molecule has 3 heterocycles. The number of hydrogen-bond donors (Lipinski definition) is 2. The third kappa shape index (κ3) is 3.89. The molecule has 0 fully saturated rings. The van der Waals surface area contributed by atoms with Crippen molar-refractivity contribution in [2.45, 2.75) is 13.5 Å². The van der Waals surface area contributed by atoms with Gasteiger partial charge < -0.3 is 19.6 Å². The van der Waals surface area contributed by atoms with Gasteiger partial charge in [0.15, 0.2) is 0 Å². The molecule has 25 heavy (non-hydrogen) atoms. The molecule has 128 valence electrons. The lowest BCUT2D eigenvalue weighted by atomic mass is 10.2. The minimum Gasteiger partial charge on any atom is -0.478 e. The largest absolute Gasteiger partial charge is 0.478 e. The average molecular weight is 341 g/mol. The lowest BCUT2D eigenvalue weighted by Crippen LogP contribution is -2.28. The van der Waals surface area contributed by atoms with Crippen LogP contribution in [0.1, 0.15) is 23.2 Å². The van der Waals surface area contributed by atoms with E-state index < -0.39 is 11.5 Å². The van der Waals surface area contributed by atoms with Crippen LogP contribution in [-0.2, 0) is 6.54 Å². The number of hydrogen-bond acceptors (Lipinski definition) is 7. The number of amides is 1. The van der Waals surface area contributed by atoms with Gasteiger partial charge >= 0.3 is 0 Å². The lowest BCUT2D eigenvalue weighted by Gasteiger charge is -2.01. The summed E-state index contributed by atoms with van der Waals surface area (Å²) < 4.78 is 10.4. The molecule has 3 aromatic heterocycles. The Morgan fingerprint density at radius 1 is 1.36 bits per heavy atom. The van der Waals surface area contributed by atoms with Crippen molar-refractivity contribution in [2.24, 2.45) is 0 Å². The molecule has 0 aliphatic carbocycles. The molecule has 0 aliphatic heterocycles. The molecule has 0 radical (unpaired) electrons. The molecule has 0 saturated heterocycles. The van der Waals surface area contributed by atoms with Gasteiger partial charge in [-0.1, -0.05) is 5.16 Å². The van der Waals surface area contributed by atoms with Gasteiger partial charge in [-0.05, 0) is 25.1 Å². The van der Waals surface area contributed by atoms with Gasteiger partial charge in [-0.3, -0.25) is 9.59 Å². The molecule has 1 amide bonds. The maximum absolute atomic E-state index is 12.0. The van der Waals surface area contributed by atoms with E-state index in [2.05, 4.69) is 25.4 Å². The fourth-order valence-electron chi connectivity index (χ4n) is 2.04. The Morgan fingerprint density at radius 2 is 2.24 bits per heavy atom. The molecular formula is C16H15N5O4. The van der Waals surface area contributed by atoms with Crippen LogP contribution in [-0.4, -0.2) is 32.6 Å². The highest BCUT2D eigenvalue weighted by atomic mass is 16.5.